The standard InChI is InChI=1S/C12H16N2O3S/c1-7(2)17-11-6-10(14(15)16)8(3)4-9(11)5-12(13)18/h4,6-7H,5H2,1-3H3,(H2,13,18). The number of rotatable bonds is 5. The first kappa shape index (κ1) is 14.4. The minimum atomic E-state index is -0.424. The third kappa shape index (κ3) is 3.66. The minimum absolute atomic E-state index is 0.0392. The molecular formula is C12H16N2O3S. The lowest BCUT2D eigenvalue weighted by molar-refractivity contribution is -0.385. The second-order valence-corrected chi connectivity index (χ2v) is 4.84. The van der Waals surface area contributed by atoms with Gasteiger partial charge >= 0.3 is 0 Å². The zero-order chi connectivity index (χ0) is 13.9. The van der Waals surface area contributed by atoms with Crippen molar-refractivity contribution in [2.24, 2.45) is 5.73 Å². The van der Waals surface area contributed by atoms with Gasteiger partial charge in [0.25, 0.3) is 5.69 Å². The smallest absolute Gasteiger partial charge is 0.276 e. The van der Waals surface area contributed by atoms with Crippen LogP contribution >= 0.6 is 12.2 Å². The molecule has 1 rings (SSSR count). The Labute approximate surface area is 111 Å². The van der Waals surface area contributed by atoms with E-state index in [2.05, 4.69) is 0 Å². The van der Waals surface area contributed by atoms with E-state index in [1.165, 1.54) is 6.07 Å². The molecule has 0 bridgehead atoms. The lowest BCUT2D eigenvalue weighted by atomic mass is 10.1. The number of hydrogen-bond acceptors (Lipinski definition) is 4. The summed E-state index contributed by atoms with van der Waals surface area (Å²) in [5.74, 6) is 0.468. The molecule has 0 aliphatic rings. The number of benzene rings is 1. The van der Waals surface area contributed by atoms with E-state index in [-0.39, 0.29) is 11.8 Å². The van der Waals surface area contributed by atoms with Gasteiger partial charge in [0.1, 0.15) is 5.75 Å². The molecule has 0 heterocycles. The Morgan fingerprint density at radius 1 is 1.56 bits per heavy atom. The van der Waals surface area contributed by atoms with Crippen molar-refractivity contribution in [2.75, 3.05) is 0 Å². The SMILES string of the molecule is Cc1cc(CC(N)=S)c(OC(C)C)cc1[N+](=O)[O-]. The summed E-state index contributed by atoms with van der Waals surface area (Å²) in [7, 11) is 0. The molecule has 18 heavy (non-hydrogen) atoms. The van der Waals surface area contributed by atoms with Crippen LogP contribution in [0.1, 0.15) is 25.0 Å². The molecule has 0 saturated carbocycles. The minimum Gasteiger partial charge on any atom is -0.490 e. The largest absolute Gasteiger partial charge is 0.490 e. The summed E-state index contributed by atoms with van der Waals surface area (Å²) >= 11 is 4.87. The van der Waals surface area contributed by atoms with Gasteiger partial charge in [-0.2, -0.15) is 0 Å². The van der Waals surface area contributed by atoms with Gasteiger partial charge in [-0.15, -0.1) is 0 Å². The van der Waals surface area contributed by atoms with E-state index >= 15 is 0 Å². The molecule has 0 atom stereocenters. The Morgan fingerprint density at radius 3 is 2.61 bits per heavy atom. The highest BCUT2D eigenvalue weighted by atomic mass is 32.1. The van der Waals surface area contributed by atoms with Crippen molar-refractivity contribution >= 4 is 22.9 Å². The van der Waals surface area contributed by atoms with Crippen molar-refractivity contribution in [3.8, 4) is 5.75 Å². The summed E-state index contributed by atoms with van der Waals surface area (Å²) in [6, 6.07) is 3.14. The molecule has 0 aromatic heterocycles. The van der Waals surface area contributed by atoms with Gasteiger partial charge in [-0.25, -0.2) is 0 Å². The molecule has 0 spiro atoms. The molecule has 0 unspecified atom stereocenters. The first-order chi connectivity index (χ1) is 8.31. The number of nitrogens with two attached hydrogens (primary N) is 1. The van der Waals surface area contributed by atoms with E-state index in [0.717, 1.165) is 5.56 Å². The monoisotopic (exact) mass is 268 g/mol. The van der Waals surface area contributed by atoms with E-state index in [9.17, 15) is 10.1 Å². The van der Waals surface area contributed by atoms with Crippen LogP contribution in [0.5, 0.6) is 5.75 Å². The Balaban J connectivity index is 3.27. The first-order valence-corrected chi connectivity index (χ1v) is 5.95. The van der Waals surface area contributed by atoms with Crippen LogP contribution in [0.3, 0.4) is 0 Å². The molecule has 6 heteroatoms. The van der Waals surface area contributed by atoms with Gasteiger partial charge in [0.15, 0.2) is 0 Å². The number of nitrogens with zero attached hydrogens (tertiary/aromatic N) is 1. The predicted octanol–water partition coefficient (Wildman–Crippen LogP) is 2.52. The highest BCUT2D eigenvalue weighted by Crippen LogP contribution is 2.29. The van der Waals surface area contributed by atoms with Crippen LogP contribution < -0.4 is 10.5 Å². The van der Waals surface area contributed by atoms with E-state index in [0.29, 0.717) is 22.7 Å². The highest BCUT2D eigenvalue weighted by Gasteiger charge is 2.17. The van der Waals surface area contributed by atoms with Crippen molar-refractivity contribution in [1.82, 2.24) is 0 Å². The van der Waals surface area contributed by atoms with E-state index in [1.807, 2.05) is 13.8 Å². The van der Waals surface area contributed by atoms with Crippen LogP contribution in [0, 0.1) is 17.0 Å². The summed E-state index contributed by atoms with van der Waals surface area (Å²) in [6.45, 7) is 5.40. The second kappa shape index (κ2) is 5.77. The number of nitro groups is 1. The zero-order valence-corrected chi connectivity index (χ0v) is 11.4. The molecule has 2 N–H and O–H groups in total. The molecule has 0 aliphatic heterocycles. The predicted molar refractivity (Wildman–Crippen MR) is 74.1 cm³/mol. The molecule has 0 radical (unpaired) electrons. The topological polar surface area (TPSA) is 78.4 Å². The quantitative estimate of drug-likeness (QED) is 0.504. The molecule has 0 aliphatic carbocycles. The third-order valence-electron chi connectivity index (χ3n) is 2.30. The Hall–Kier alpha value is -1.69. The van der Waals surface area contributed by atoms with Crippen LogP contribution in [0.4, 0.5) is 5.69 Å². The summed E-state index contributed by atoms with van der Waals surface area (Å²) in [6.07, 6.45) is 0.299. The van der Waals surface area contributed by atoms with Crippen LogP contribution in [0.15, 0.2) is 12.1 Å². The summed E-state index contributed by atoms with van der Waals surface area (Å²) in [5, 5.41) is 10.9. The molecule has 0 amide bonds. The molecule has 98 valence electrons. The number of hydrogen-bond donors (Lipinski definition) is 1. The second-order valence-electron chi connectivity index (χ2n) is 4.31. The van der Waals surface area contributed by atoms with E-state index in [1.54, 1.807) is 13.0 Å². The summed E-state index contributed by atoms with van der Waals surface area (Å²) in [4.78, 5) is 10.8. The Kier molecular flexibility index (Phi) is 4.61. The fourth-order valence-electron chi connectivity index (χ4n) is 1.62. The van der Waals surface area contributed by atoms with Gasteiger partial charge in [-0.05, 0) is 26.8 Å². The van der Waals surface area contributed by atoms with E-state index in [4.69, 9.17) is 22.7 Å². The first-order valence-electron chi connectivity index (χ1n) is 5.54. The van der Waals surface area contributed by atoms with Crippen LogP contribution in [0.25, 0.3) is 0 Å². The number of ether oxygens (including phenoxy) is 1. The third-order valence-corrected chi connectivity index (χ3v) is 2.45. The molecule has 1 aromatic rings. The lowest BCUT2D eigenvalue weighted by Gasteiger charge is -2.14. The number of nitro benzene ring substituents is 1. The van der Waals surface area contributed by atoms with Crippen molar-refractivity contribution in [3.05, 3.63) is 33.4 Å². The summed E-state index contributed by atoms with van der Waals surface area (Å²) < 4.78 is 5.57. The lowest BCUT2D eigenvalue weighted by Crippen LogP contribution is -2.14. The maximum absolute atomic E-state index is 10.9. The Bertz CT molecular complexity index is 486. The van der Waals surface area contributed by atoms with Crippen molar-refractivity contribution in [1.29, 1.82) is 0 Å². The Morgan fingerprint density at radius 2 is 2.17 bits per heavy atom. The van der Waals surface area contributed by atoms with Gasteiger partial charge < -0.3 is 10.5 Å². The van der Waals surface area contributed by atoms with Crippen LogP contribution in [0.2, 0.25) is 0 Å². The maximum atomic E-state index is 10.9. The fraction of sp³-hybridized carbons (Fsp3) is 0.417. The van der Waals surface area contributed by atoms with Gasteiger partial charge in [0, 0.05) is 17.5 Å². The van der Waals surface area contributed by atoms with Gasteiger partial charge in [0.2, 0.25) is 0 Å². The maximum Gasteiger partial charge on any atom is 0.276 e. The average Bonchev–Trinajstić information content (AvgIpc) is 2.19. The molecule has 0 fully saturated rings. The van der Waals surface area contributed by atoms with Crippen molar-refractivity contribution < 1.29 is 9.66 Å². The van der Waals surface area contributed by atoms with Crippen LogP contribution in [-0.2, 0) is 6.42 Å². The number of aryl methyl sites for hydroxylation is 1. The van der Waals surface area contributed by atoms with Crippen LogP contribution in [-0.4, -0.2) is 16.0 Å². The van der Waals surface area contributed by atoms with Gasteiger partial charge in [-0.3, -0.25) is 10.1 Å². The molecular weight excluding hydrogens is 252 g/mol. The normalized spacial score (nSPS) is 10.4. The fourth-order valence-corrected chi connectivity index (χ4v) is 1.78. The van der Waals surface area contributed by atoms with Gasteiger partial charge in [-0.1, -0.05) is 12.2 Å². The highest BCUT2D eigenvalue weighted by molar-refractivity contribution is 7.80. The molecule has 1 aromatic carbocycles. The van der Waals surface area contributed by atoms with Crippen molar-refractivity contribution in [3.63, 3.8) is 0 Å². The molecule has 0 saturated heterocycles. The zero-order valence-electron chi connectivity index (χ0n) is 10.6. The van der Waals surface area contributed by atoms with Gasteiger partial charge in [0.05, 0.1) is 22.1 Å². The van der Waals surface area contributed by atoms with E-state index < -0.39 is 4.92 Å². The average molecular weight is 268 g/mol. The van der Waals surface area contributed by atoms with Crippen molar-refractivity contribution in [2.45, 2.75) is 33.3 Å². The summed E-state index contributed by atoms with van der Waals surface area (Å²) in [5.41, 5.74) is 6.90. The molecule has 5 nitrogen and oxygen atoms in total. The number of thiocarbonyl (C=S) groups is 1.